The molecule has 2 heteroatoms. The van der Waals surface area contributed by atoms with Gasteiger partial charge in [0.15, 0.2) is 0 Å². The van der Waals surface area contributed by atoms with Gasteiger partial charge in [0, 0.05) is 22.3 Å². The van der Waals surface area contributed by atoms with Gasteiger partial charge in [-0.2, -0.15) is 0 Å². The van der Waals surface area contributed by atoms with Crippen LogP contribution in [0.25, 0.3) is 0 Å². The zero-order chi connectivity index (χ0) is 8.97. The largest absolute Gasteiger partial charge is 0.260 e. The minimum Gasteiger partial charge on any atom is -0.260 e. The lowest BCUT2D eigenvalue weighted by atomic mass is 9.86. The van der Waals surface area contributed by atoms with Crippen LogP contribution < -0.4 is 0 Å². The van der Waals surface area contributed by atoms with Crippen LogP contribution in [0, 0.1) is 5.92 Å². The molecule has 72 valence electrons. The van der Waals surface area contributed by atoms with E-state index in [9.17, 15) is 4.21 Å². The zero-order valence-electron chi connectivity index (χ0n) is 8.21. The second kappa shape index (κ2) is 5.00. The van der Waals surface area contributed by atoms with Crippen LogP contribution in [0.4, 0.5) is 0 Å². The van der Waals surface area contributed by atoms with Crippen molar-refractivity contribution in [1.82, 2.24) is 0 Å². The van der Waals surface area contributed by atoms with Crippen molar-refractivity contribution in [3.05, 3.63) is 0 Å². The van der Waals surface area contributed by atoms with Crippen LogP contribution >= 0.6 is 0 Å². The Kier molecular flexibility index (Phi) is 4.27. The third-order valence-corrected chi connectivity index (χ3v) is 4.28. The van der Waals surface area contributed by atoms with E-state index in [1.165, 1.54) is 38.5 Å². The summed E-state index contributed by atoms with van der Waals surface area (Å²) in [6.07, 6.45) is 9.97. The summed E-state index contributed by atoms with van der Waals surface area (Å²) in [7, 11) is -0.612. The minimum atomic E-state index is -0.612. The Morgan fingerprint density at radius 2 is 1.92 bits per heavy atom. The molecule has 1 fully saturated rings. The van der Waals surface area contributed by atoms with Gasteiger partial charge in [-0.15, -0.1) is 0 Å². The highest BCUT2D eigenvalue weighted by Crippen LogP contribution is 2.28. The van der Waals surface area contributed by atoms with Crippen molar-refractivity contribution in [3.8, 4) is 0 Å². The van der Waals surface area contributed by atoms with Crippen LogP contribution in [0.3, 0.4) is 0 Å². The summed E-state index contributed by atoms with van der Waals surface area (Å²) in [5.41, 5.74) is 0. The van der Waals surface area contributed by atoms with Crippen molar-refractivity contribution in [2.24, 2.45) is 5.92 Å². The monoisotopic (exact) mass is 188 g/mol. The molecule has 0 aliphatic heterocycles. The Hall–Kier alpha value is 0.150. The average molecular weight is 188 g/mol. The molecule has 0 spiro atoms. The molecular formula is C10H20OS. The van der Waals surface area contributed by atoms with Gasteiger partial charge in [0.25, 0.3) is 0 Å². The van der Waals surface area contributed by atoms with E-state index in [2.05, 4.69) is 6.92 Å². The fourth-order valence-electron chi connectivity index (χ4n) is 2.03. The SMILES string of the molecule is CC(CC1CCCCC1)S(C)=O. The standard InChI is InChI=1S/C10H20OS/c1-9(12(2)11)8-10-6-4-3-5-7-10/h9-10H,3-8H2,1-2H3. The third kappa shape index (κ3) is 3.26. The number of hydrogen-bond donors (Lipinski definition) is 0. The van der Waals surface area contributed by atoms with E-state index in [1.54, 1.807) is 0 Å². The Morgan fingerprint density at radius 1 is 1.33 bits per heavy atom. The first kappa shape index (κ1) is 10.2. The average Bonchev–Trinajstić information content (AvgIpc) is 2.06. The maximum Gasteiger partial charge on any atom is 0.0319 e. The van der Waals surface area contributed by atoms with Crippen molar-refractivity contribution in [1.29, 1.82) is 0 Å². The molecule has 1 aliphatic carbocycles. The molecule has 2 unspecified atom stereocenters. The summed E-state index contributed by atoms with van der Waals surface area (Å²) >= 11 is 0. The molecule has 1 nitrogen and oxygen atoms in total. The van der Waals surface area contributed by atoms with Crippen molar-refractivity contribution in [2.75, 3.05) is 6.26 Å². The summed E-state index contributed by atoms with van der Waals surface area (Å²) in [6, 6.07) is 0. The van der Waals surface area contributed by atoms with E-state index in [-0.39, 0.29) is 0 Å². The van der Waals surface area contributed by atoms with E-state index in [4.69, 9.17) is 0 Å². The summed E-state index contributed by atoms with van der Waals surface area (Å²) in [5, 5.41) is 0.410. The zero-order valence-corrected chi connectivity index (χ0v) is 9.03. The molecule has 0 aromatic rings. The molecule has 0 saturated heterocycles. The second-order valence-electron chi connectivity index (χ2n) is 4.05. The first-order valence-corrected chi connectivity index (χ1v) is 6.64. The maximum atomic E-state index is 11.1. The molecule has 0 bridgehead atoms. The van der Waals surface area contributed by atoms with Crippen molar-refractivity contribution in [3.63, 3.8) is 0 Å². The van der Waals surface area contributed by atoms with Gasteiger partial charge < -0.3 is 0 Å². The van der Waals surface area contributed by atoms with Crippen LogP contribution in [0.1, 0.15) is 45.4 Å². The highest BCUT2D eigenvalue weighted by Gasteiger charge is 2.17. The van der Waals surface area contributed by atoms with E-state index in [1.807, 2.05) is 6.26 Å². The topological polar surface area (TPSA) is 17.1 Å². The molecule has 0 aromatic carbocycles. The molecule has 0 radical (unpaired) electrons. The summed E-state index contributed by atoms with van der Waals surface area (Å²) in [4.78, 5) is 0. The molecule has 12 heavy (non-hydrogen) atoms. The van der Waals surface area contributed by atoms with Crippen LogP contribution in [-0.2, 0) is 10.8 Å². The first-order valence-electron chi connectivity index (χ1n) is 5.02. The predicted octanol–water partition coefficient (Wildman–Crippen LogP) is 2.72. The Labute approximate surface area is 78.4 Å². The van der Waals surface area contributed by atoms with E-state index < -0.39 is 10.8 Å². The van der Waals surface area contributed by atoms with Crippen molar-refractivity contribution < 1.29 is 4.21 Å². The van der Waals surface area contributed by atoms with Gasteiger partial charge in [-0.3, -0.25) is 4.21 Å². The fraction of sp³-hybridized carbons (Fsp3) is 1.00. The molecule has 1 aliphatic rings. The number of hydrogen-bond acceptors (Lipinski definition) is 1. The van der Waals surface area contributed by atoms with Gasteiger partial charge in [0.1, 0.15) is 0 Å². The van der Waals surface area contributed by atoms with Crippen LogP contribution in [0.15, 0.2) is 0 Å². The molecule has 1 rings (SSSR count). The van der Waals surface area contributed by atoms with Crippen LogP contribution in [0.2, 0.25) is 0 Å². The highest BCUT2D eigenvalue weighted by atomic mass is 32.2. The summed E-state index contributed by atoms with van der Waals surface area (Å²) in [6.45, 7) is 2.12. The normalized spacial score (nSPS) is 25.2. The van der Waals surface area contributed by atoms with Crippen molar-refractivity contribution in [2.45, 2.75) is 50.7 Å². The van der Waals surface area contributed by atoms with E-state index in [0.29, 0.717) is 5.25 Å². The summed E-state index contributed by atoms with van der Waals surface area (Å²) in [5.74, 6) is 0.873. The lowest BCUT2D eigenvalue weighted by Crippen LogP contribution is -2.17. The van der Waals surface area contributed by atoms with E-state index >= 15 is 0 Å². The molecule has 0 aromatic heterocycles. The van der Waals surface area contributed by atoms with Gasteiger partial charge >= 0.3 is 0 Å². The molecule has 0 heterocycles. The smallest absolute Gasteiger partial charge is 0.0319 e. The third-order valence-electron chi connectivity index (χ3n) is 2.96. The lowest BCUT2D eigenvalue weighted by molar-refractivity contribution is 0.338. The van der Waals surface area contributed by atoms with Gasteiger partial charge in [0.05, 0.1) is 0 Å². The molecular weight excluding hydrogens is 168 g/mol. The van der Waals surface area contributed by atoms with E-state index in [0.717, 1.165) is 5.92 Å². The first-order chi connectivity index (χ1) is 5.70. The van der Waals surface area contributed by atoms with Crippen molar-refractivity contribution >= 4 is 10.8 Å². The van der Waals surface area contributed by atoms with Gasteiger partial charge in [0.2, 0.25) is 0 Å². The number of rotatable bonds is 3. The molecule has 2 atom stereocenters. The molecule has 0 amide bonds. The molecule has 1 saturated carbocycles. The van der Waals surface area contributed by atoms with Crippen LogP contribution in [-0.4, -0.2) is 15.7 Å². The fourth-order valence-corrected chi connectivity index (χ4v) is 2.57. The van der Waals surface area contributed by atoms with Crippen LogP contribution in [0.5, 0.6) is 0 Å². The highest BCUT2D eigenvalue weighted by molar-refractivity contribution is 7.84. The van der Waals surface area contributed by atoms with Gasteiger partial charge in [-0.25, -0.2) is 0 Å². The molecule has 0 N–H and O–H groups in total. The second-order valence-corrected chi connectivity index (χ2v) is 5.85. The summed E-state index contributed by atoms with van der Waals surface area (Å²) < 4.78 is 11.1. The van der Waals surface area contributed by atoms with Gasteiger partial charge in [-0.05, 0) is 12.3 Å². The quantitative estimate of drug-likeness (QED) is 0.665. The Morgan fingerprint density at radius 3 is 2.42 bits per heavy atom. The minimum absolute atomic E-state index is 0.410. The Balaban J connectivity index is 2.24. The van der Waals surface area contributed by atoms with Gasteiger partial charge in [-0.1, -0.05) is 39.0 Å². The predicted molar refractivity (Wildman–Crippen MR) is 54.7 cm³/mol. The Bertz CT molecular complexity index is 150. The lowest BCUT2D eigenvalue weighted by Gasteiger charge is -2.23. The maximum absolute atomic E-state index is 11.1.